The number of unbranched alkanes of at least 4 members (excludes halogenated alkanes) is 2. The first-order chi connectivity index (χ1) is 8.65. The monoisotopic (exact) mass is 277 g/mol. The number of hydrogen-bond acceptors (Lipinski definition) is 3. The first-order valence-corrected chi connectivity index (χ1v) is 8.88. The topological polar surface area (TPSA) is 37.4 Å². The number of fused-ring (bicyclic) bond motifs is 1. The van der Waals surface area contributed by atoms with E-state index in [1.165, 1.54) is 0 Å². The number of halogens is 1. The lowest BCUT2D eigenvalue weighted by Gasteiger charge is -2.43. The minimum Gasteiger partial charge on any atom is -0.298 e. The first kappa shape index (κ1) is 14.3. The van der Waals surface area contributed by atoms with Gasteiger partial charge < -0.3 is 0 Å². The highest BCUT2D eigenvalue weighted by Crippen LogP contribution is 2.32. The summed E-state index contributed by atoms with van der Waals surface area (Å²) in [6.07, 6.45) is 6.61. The fourth-order valence-corrected chi connectivity index (χ4v) is 5.44. The third kappa shape index (κ3) is 3.23. The van der Waals surface area contributed by atoms with E-state index in [1.54, 1.807) is 0 Å². The van der Waals surface area contributed by atoms with Gasteiger partial charge in [-0.1, -0.05) is 12.8 Å². The molecule has 1 aliphatic carbocycles. The van der Waals surface area contributed by atoms with Crippen LogP contribution in [0, 0.1) is 0 Å². The summed E-state index contributed by atoms with van der Waals surface area (Å²) < 4.78 is 36.2. The quantitative estimate of drug-likeness (QED) is 0.723. The van der Waals surface area contributed by atoms with Crippen molar-refractivity contribution in [2.24, 2.45) is 0 Å². The van der Waals surface area contributed by atoms with Crippen molar-refractivity contribution >= 4 is 9.84 Å². The van der Waals surface area contributed by atoms with Crippen LogP contribution < -0.4 is 0 Å². The third-order valence-corrected chi connectivity index (χ3v) is 6.56. The molecule has 0 amide bonds. The number of alkyl halides is 1. The molecule has 0 aromatic rings. The van der Waals surface area contributed by atoms with Crippen molar-refractivity contribution in [3.63, 3.8) is 0 Å². The number of hydrogen-bond donors (Lipinski definition) is 0. The standard InChI is InChI=1S/C13H24FNO2S/c14-8-4-1-5-9-15-10-11-18(16,17)13-7-3-2-6-12(13)15/h12-13H,1-11H2/t12-,13+/m1/s1. The molecule has 2 rings (SSSR count). The van der Waals surface area contributed by atoms with E-state index in [0.717, 1.165) is 45.1 Å². The molecule has 1 aliphatic heterocycles. The lowest BCUT2D eigenvalue weighted by molar-refractivity contribution is 0.153. The summed E-state index contributed by atoms with van der Waals surface area (Å²) >= 11 is 0. The van der Waals surface area contributed by atoms with Gasteiger partial charge in [0.25, 0.3) is 0 Å². The highest BCUT2D eigenvalue weighted by Gasteiger charge is 2.42. The van der Waals surface area contributed by atoms with Crippen LogP contribution in [-0.2, 0) is 9.84 Å². The Morgan fingerprint density at radius 1 is 1.11 bits per heavy atom. The molecular weight excluding hydrogens is 253 g/mol. The Hall–Kier alpha value is -0.160. The summed E-state index contributed by atoms with van der Waals surface area (Å²) in [5.74, 6) is 0.317. The van der Waals surface area contributed by atoms with E-state index in [-0.39, 0.29) is 18.0 Å². The van der Waals surface area contributed by atoms with Crippen molar-refractivity contribution in [3.8, 4) is 0 Å². The molecule has 0 unspecified atom stereocenters. The Labute approximate surface area is 110 Å². The SMILES string of the molecule is O=S1(=O)CCN(CCCCCF)[C@@H]2CCCC[C@@H]21. The molecular formula is C13H24FNO2S. The van der Waals surface area contributed by atoms with Crippen LogP contribution in [0.25, 0.3) is 0 Å². The van der Waals surface area contributed by atoms with Crippen LogP contribution in [0.1, 0.15) is 44.9 Å². The lowest BCUT2D eigenvalue weighted by atomic mass is 9.93. The molecule has 0 bridgehead atoms. The molecule has 18 heavy (non-hydrogen) atoms. The second-order valence-corrected chi connectivity index (χ2v) is 7.88. The number of rotatable bonds is 5. The Balaban J connectivity index is 1.92. The van der Waals surface area contributed by atoms with E-state index < -0.39 is 9.84 Å². The molecule has 2 fully saturated rings. The molecule has 0 N–H and O–H groups in total. The lowest BCUT2D eigenvalue weighted by Crippen LogP contribution is -2.55. The molecule has 3 nitrogen and oxygen atoms in total. The minimum atomic E-state index is -2.85. The third-order valence-electron chi connectivity index (χ3n) is 4.34. The second-order valence-electron chi connectivity index (χ2n) is 5.54. The predicted octanol–water partition coefficient (Wildman–Crippen LogP) is 2.17. The average molecular weight is 277 g/mol. The highest BCUT2D eigenvalue weighted by molar-refractivity contribution is 7.92. The van der Waals surface area contributed by atoms with Gasteiger partial charge in [0.15, 0.2) is 9.84 Å². The maximum atomic E-state index is 12.1. The van der Waals surface area contributed by atoms with Crippen LogP contribution in [0.2, 0.25) is 0 Å². The summed E-state index contributed by atoms with van der Waals surface area (Å²) in [4.78, 5) is 2.35. The van der Waals surface area contributed by atoms with Crippen LogP contribution in [0.15, 0.2) is 0 Å². The first-order valence-electron chi connectivity index (χ1n) is 7.17. The van der Waals surface area contributed by atoms with E-state index in [9.17, 15) is 12.8 Å². The van der Waals surface area contributed by atoms with Crippen LogP contribution in [0.5, 0.6) is 0 Å². The maximum absolute atomic E-state index is 12.1. The smallest absolute Gasteiger partial charge is 0.155 e. The molecule has 1 saturated carbocycles. The van der Waals surface area contributed by atoms with E-state index in [1.807, 2.05) is 0 Å². The summed E-state index contributed by atoms with van der Waals surface area (Å²) in [6.45, 7) is 1.39. The van der Waals surface area contributed by atoms with Crippen LogP contribution in [0.4, 0.5) is 4.39 Å². The summed E-state index contributed by atoms with van der Waals surface area (Å²) in [6, 6.07) is 0.239. The molecule has 0 radical (unpaired) electrons. The molecule has 2 aliphatic rings. The molecule has 1 saturated heterocycles. The van der Waals surface area contributed by atoms with Gasteiger partial charge in [0.1, 0.15) is 0 Å². The summed E-state index contributed by atoms with van der Waals surface area (Å²) in [5, 5.41) is -0.124. The largest absolute Gasteiger partial charge is 0.298 e. The minimum absolute atomic E-state index is 0.124. The summed E-state index contributed by atoms with van der Waals surface area (Å²) in [5.41, 5.74) is 0. The molecule has 5 heteroatoms. The molecule has 106 valence electrons. The van der Waals surface area contributed by atoms with Crippen molar-refractivity contribution in [2.45, 2.75) is 56.2 Å². The van der Waals surface area contributed by atoms with Crippen molar-refractivity contribution in [1.29, 1.82) is 0 Å². The zero-order valence-corrected chi connectivity index (χ0v) is 11.8. The molecule has 0 aromatic carbocycles. The van der Waals surface area contributed by atoms with E-state index in [2.05, 4.69) is 4.90 Å². The predicted molar refractivity (Wildman–Crippen MR) is 71.2 cm³/mol. The van der Waals surface area contributed by atoms with Gasteiger partial charge in [-0.05, 0) is 38.6 Å². The molecule has 2 atom stereocenters. The zero-order chi connectivity index (χ0) is 13.0. The van der Waals surface area contributed by atoms with Gasteiger partial charge >= 0.3 is 0 Å². The maximum Gasteiger partial charge on any atom is 0.155 e. The van der Waals surface area contributed by atoms with Gasteiger partial charge in [0.05, 0.1) is 17.7 Å². The molecule has 0 spiro atoms. The average Bonchev–Trinajstić information content (AvgIpc) is 2.37. The van der Waals surface area contributed by atoms with Gasteiger partial charge in [0, 0.05) is 12.6 Å². The van der Waals surface area contributed by atoms with Crippen LogP contribution in [0.3, 0.4) is 0 Å². The van der Waals surface area contributed by atoms with Crippen LogP contribution >= 0.6 is 0 Å². The Morgan fingerprint density at radius 3 is 2.67 bits per heavy atom. The number of nitrogens with zero attached hydrogens (tertiary/aromatic N) is 1. The Bertz CT molecular complexity index is 358. The van der Waals surface area contributed by atoms with Crippen molar-refractivity contribution in [3.05, 3.63) is 0 Å². The fraction of sp³-hybridized carbons (Fsp3) is 1.00. The Kier molecular flexibility index (Phi) is 5.01. The highest BCUT2D eigenvalue weighted by atomic mass is 32.2. The van der Waals surface area contributed by atoms with Gasteiger partial charge in [-0.25, -0.2) is 8.42 Å². The van der Waals surface area contributed by atoms with E-state index in [4.69, 9.17) is 0 Å². The van der Waals surface area contributed by atoms with E-state index in [0.29, 0.717) is 18.7 Å². The van der Waals surface area contributed by atoms with Gasteiger partial charge in [-0.15, -0.1) is 0 Å². The second kappa shape index (κ2) is 6.33. The fourth-order valence-electron chi connectivity index (χ4n) is 3.34. The van der Waals surface area contributed by atoms with Crippen LogP contribution in [-0.4, -0.2) is 50.1 Å². The van der Waals surface area contributed by atoms with E-state index >= 15 is 0 Å². The van der Waals surface area contributed by atoms with Gasteiger partial charge in [-0.2, -0.15) is 0 Å². The van der Waals surface area contributed by atoms with Gasteiger partial charge in [0.2, 0.25) is 0 Å². The van der Waals surface area contributed by atoms with Crippen molar-refractivity contribution in [1.82, 2.24) is 4.90 Å². The zero-order valence-electron chi connectivity index (χ0n) is 11.0. The van der Waals surface area contributed by atoms with Gasteiger partial charge in [-0.3, -0.25) is 9.29 Å². The molecule has 0 aromatic heterocycles. The number of sulfone groups is 1. The Morgan fingerprint density at radius 2 is 1.89 bits per heavy atom. The van der Waals surface area contributed by atoms with Crippen molar-refractivity contribution in [2.75, 3.05) is 25.5 Å². The van der Waals surface area contributed by atoms with Crippen molar-refractivity contribution < 1.29 is 12.8 Å². The summed E-state index contributed by atoms with van der Waals surface area (Å²) in [7, 11) is -2.85. The molecule has 1 heterocycles. The normalized spacial score (nSPS) is 32.1.